The summed E-state index contributed by atoms with van der Waals surface area (Å²) in [6.45, 7) is 6.05. The number of hydrogen-bond acceptors (Lipinski definition) is 5. The molecule has 0 spiro atoms. The highest BCUT2D eigenvalue weighted by molar-refractivity contribution is 5.33. The molecule has 0 aliphatic carbocycles. The van der Waals surface area contributed by atoms with E-state index in [9.17, 15) is 0 Å². The van der Waals surface area contributed by atoms with Gasteiger partial charge in [-0.25, -0.2) is 4.98 Å². The van der Waals surface area contributed by atoms with E-state index in [1.807, 2.05) is 20.9 Å². The zero-order valence-electron chi connectivity index (χ0n) is 10.7. The molecule has 0 radical (unpaired) electrons. The van der Waals surface area contributed by atoms with Gasteiger partial charge >= 0.3 is 0 Å². The standard InChI is InChI=1S/C12H20N4O/c1-9(2)17-11-5-7-14-12(15-11)16(3)10-4-6-13-8-10/h5,7,9-10,13H,4,6,8H2,1-3H3. The van der Waals surface area contributed by atoms with Gasteiger partial charge in [0.1, 0.15) is 0 Å². The van der Waals surface area contributed by atoms with Crippen LogP contribution in [0.15, 0.2) is 12.3 Å². The minimum absolute atomic E-state index is 0.135. The van der Waals surface area contributed by atoms with Crippen LogP contribution in [0.25, 0.3) is 0 Å². The Morgan fingerprint density at radius 2 is 2.35 bits per heavy atom. The van der Waals surface area contributed by atoms with E-state index in [4.69, 9.17) is 4.74 Å². The van der Waals surface area contributed by atoms with E-state index in [-0.39, 0.29) is 6.10 Å². The fourth-order valence-electron chi connectivity index (χ4n) is 1.94. The van der Waals surface area contributed by atoms with Crippen LogP contribution in [0.1, 0.15) is 20.3 Å². The largest absolute Gasteiger partial charge is 0.475 e. The molecule has 2 rings (SSSR count). The molecular formula is C12H20N4O. The summed E-state index contributed by atoms with van der Waals surface area (Å²) in [6, 6.07) is 2.27. The molecule has 17 heavy (non-hydrogen) atoms. The number of anilines is 1. The van der Waals surface area contributed by atoms with Crippen LogP contribution < -0.4 is 15.0 Å². The van der Waals surface area contributed by atoms with E-state index < -0.39 is 0 Å². The lowest BCUT2D eigenvalue weighted by atomic mass is 10.2. The third kappa shape index (κ3) is 3.06. The second-order valence-electron chi connectivity index (χ2n) is 4.62. The predicted molar refractivity (Wildman–Crippen MR) is 67.5 cm³/mol. The molecule has 2 heterocycles. The third-order valence-electron chi connectivity index (χ3n) is 2.87. The normalized spacial score (nSPS) is 19.6. The number of likely N-dealkylation sites (N-methyl/N-ethyl adjacent to an activating group) is 1. The number of aromatic nitrogens is 2. The maximum atomic E-state index is 5.57. The molecule has 1 aliphatic rings. The Morgan fingerprint density at radius 3 is 3.00 bits per heavy atom. The first-order valence-corrected chi connectivity index (χ1v) is 6.10. The van der Waals surface area contributed by atoms with Gasteiger partial charge in [-0.15, -0.1) is 0 Å². The van der Waals surface area contributed by atoms with Crippen LogP contribution in [-0.4, -0.2) is 42.3 Å². The second-order valence-corrected chi connectivity index (χ2v) is 4.62. The van der Waals surface area contributed by atoms with Crippen LogP contribution in [0.4, 0.5) is 5.95 Å². The molecule has 0 aromatic carbocycles. The van der Waals surface area contributed by atoms with Crippen LogP contribution in [0.5, 0.6) is 5.88 Å². The van der Waals surface area contributed by atoms with Crippen molar-refractivity contribution < 1.29 is 4.74 Å². The van der Waals surface area contributed by atoms with Crippen molar-refractivity contribution in [2.24, 2.45) is 0 Å². The second kappa shape index (κ2) is 5.31. The van der Waals surface area contributed by atoms with Crippen LogP contribution in [-0.2, 0) is 0 Å². The summed E-state index contributed by atoms with van der Waals surface area (Å²) >= 11 is 0. The van der Waals surface area contributed by atoms with Gasteiger partial charge in [0.2, 0.25) is 11.8 Å². The van der Waals surface area contributed by atoms with Crippen molar-refractivity contribution in [3.05, 3.63) is 12.3 Å². The van der Waals surface area contributed by atoms with Gasteiger partial charge in [0, 0.05) is 31.9 Å². The molecule has 0 saturated carbocycles. The lowest BCUT2D eigenvalue weighted by Gasteiger charge is -2.23. The Bertz CT molecular complexity index is 363. The zero-order valence-corrected chi connectivity index (χ0v) is 10.7. The molecular weight excluding hydrogens is 216 g/mol. The van der Waals surface area contributed by atoms with Gasteiger partial charge in [0.15, 0.2) is 0 Å². The van der Waals surface area contributed by atoms with E-state index in [2.05, 4.69) is 20.2 Å². The fourth-order valence-corrected chi connectivity index (χ4v) is 1.94. The van der Waals surface area contributed by atoms with Crippen molar-refractivity contribution in [2.45, 2.75) is 32.4 Å². The van der Waals surface area contributed by atoms with E-state index >= 15 is 0 Å². The summed E-state index contributed by atoms with van der Waals surface area (Å²) in [5.41, 5.74) is 0. The summed E-state index contributed by atoms with van der Waals surface area (Å²) in [6.07, 6.45) is 3.02. The summed E-state index contributed by atoms with van der Waals surface area (Å²) in [7, 11) is 2.03. The third-order valence-corrected chi connectivity index (χ3v) is 2.87. The average Bonchev–Trinajstić information content (AvgIpc) is 2.81. The first-order valence-electron chi connectivity index (χ1n) is 6.10. The minimum Gasteiger partial charge on any atom is -0.475 e. The van der Waals surface area contributed by atoms with Crippen molar-refractivity contribution in [2.75, 3.05) is 25.0 Å². The maximum Gasteiger partial charge on any atom is 0.228 e. The summed E-state index contributed by atoms with van der Waals surface area (Å²) in [5.74, 6) is 1.37. The van der Waals surface area contributed by atoms with E-state index in [1.165, 1.54) is 0 Å². The Morgan fingerprint density at radius 1 is 1.53 bits per heavy atom. The molecule has 1 aromatic heterocycles. The van der Waals surface area contributed by atoms with Crippen molar-refractivity contribution >= 4 is 5.95 Å². The van der Waals surface area contributed by atoms with Gasteiger partial charge in [0.25, 0.3) is 0 Å². The van der Waals surface area contributed by atoms with Gasteiger partial charge < -0.3 is 15.0 Å². The minimum atomic E-state index is 0.135. The van der Waals surface area contributed by atoms with Crippen molar-refractivity contribution in [3.63, 3.8) is 0 Å². The molecule has 5 heteroatoms. The maximum absolute atomic E-state index is 5.57. The molecule has 1 aromatic rings. The van der Waals surface area contributed by atoms with E-state index in [0.717, 1.165) is 25.5 Å². The summed E-state index contributed by atoms with van der Waals surface area (Å²) in [5, 5.41) is 3.34. The number of nitrogens with one attached hydrogen (secondary N) is 1. The average molecular weight is 236 g/mol. The Labute approximate surface area is 102 Å². The van der Waals surface area contributed by atoms with Crippen LogP contribution in [0.3, 0.4) is 0 Å². The molecule has 0 bridgehead atoms. The molecule has 1 N–H and O–H groups in total. The molecule has 0 amide bonds. The first kappa shape index (κ1) is 12.1. The van der Waals surface area contributed by atoms with Gasteiger partial charge in [-0.3, -0.25) is 0 Å². The Hall–Kier alpha value is -1.36. The molecule has 94 valence electrons. The van der Waals surface area contributed by atoms with E-state index in [1.54, 1.807) is 12.3 Å². The SMILES string of the molecule is CC(C)Oc1ccnc(N(C)C2CCNC2)n1. The number of ether oxygens (including phenoxy) is 1. The van der Waals surface area contributed by atoms with Crippen LogP contribution in [0, 0.1) is 0 Å². The zero-order chi connectivity index (χ0) is 12.3. The Balaban J connectivity index is 2.09. The highest BCUT2D eigenvalue weighted by Crippen LogP contribution is 2.17. The molecule has 1 fully saturated rings. The van der Waals surface area contributed by atoms with Gasteiger partial charge in [0.05, 0.1) is 6.10 Å². The Kier molecular flexibility index (Phi) is 3.78. The lowest BCUT2D eigenvalue weighted by Crippen LogP contribution is -2.34. The van der Waals surface area contributed by atoms with Crippen LogP contribution >= 0.6 is 0 Å². The predicted octanol–water partition coefficient (Wildman–Crippen LogP) is 1.06. The molecule has 1 aliphatic heterocycles. The van der Waals surface area contributed by atoms with Crippen molar-refractivity contribution in [3.8, 4) is 5.88 Å². The van der Waals surface area contributed by atoms with Gasteiger partial charge in [-0.2, -0.15) is 4.98 Å². The molecule has 1 saturated heterocycles. The van der Waals surface area contributed by atoms with Gasteiger partial charge in [-0.1, -0.05) is 0 Å². The van der Waals surface area contributed by atoms with Crippen molar-refractivity contribution in [1.82, 2.24) is 15.3 Å². The first-order chi connectivity index (χ1) is 8.16. The fraction of sp³-hybridized carbons (Fsp3) is 0.667. The van der Waals surface area contributed by atoms with Gasteiger partial charge in [-0.05, 0) is 26.8 Å². The topological polar surface area (TPSA) is 50.3 Å². The molecule has 5 nitrogen and oxygen atoms in total. The smallest absolute Gasteiger partial charge is 0.228 e. The summed E-state index contributed by atoms with van der Waals surface area (Å²) < 4.78 is 5.57. The van der Waals surface area contributed by atoms with Crippen LogP contribution in [0.2, 0.25) is 0 Å². The molecule has 1 unspecified atom stereocenters. The molecule has 1 atom stereocenters. The summed E-state index contributed by atoms with van der Waals surface area (Å²) in [4.78, 5) is 10.8. The lowest BCUT2D eigenvalue weighted by molar-refractivity contribution is 0.232. The number of nitrogens with zero attached hydrogens (tertiary/aromatic N) is 3. The highest BCUT2D eigenvalue weighted by atomic mass is 16.5. The number of hydrogen-bond donors (Lipinski definition) is 1. The number of rotatable bonds is 4. The van der Waals surface area contributed by atoms with Crippen molar-refractivity contribution in [1.29, 1.82) is 0 Å². The monoisotopic (exact) mass is 236 g/mol. The quantitative estimate of drug-likeness (QED) is 0.847. The van der Waals surface area contributed by atoms with E-state index in [0.29, 0.717) is 11.9 Å². The highest BCUT2D eigenvalue weighted by Gasteiger charge is 2.21.